The van der Waals surface area contributed by atoms with Crippen LogP contribution in [0.2, 0.25) is 0 Å². The highest BCUT2D eigenvalue weighted by atomic mass is 32.2. The summed E-state index contributed by atoms with van der Waals surface area (Å²) in [5, 5.41) is 0. The molecule has 0 saturated heterocycles. The van der Waals surface area contributed by atoms with Crippen LogP contribution in [0, 0.1) is 6.92 Å². The fraction of sp³-hybridized carbons (Fsp3) is 0.429. The Morgan fingerprint density at radius 3 is 2.21 bits per heavy atom. The molecule has 0 radical (unpaired) electrons. The van der Waals surface area contributed by atoms with Crippen LogP contribution in [0.1, 0.15) is 58.1 Å². The largest absolute Gasteiger partial charge is 0.373 e. The summed E-state index contributed by atoms with van der Waals surface area (Å²) in [5.74, 6) is 0. The Morgan fingerprint density at radius 2 is 1.52 bits per heavy atom. The zero-order chi connectivity index (χ0) is 23.5. The average molecular weight is 464 g/mol. The molecule has 0 bridgehead atoms. The second-order valence-corrected chi connectivity index (χ2v) is 12.0. The number of anilines is 1. The fourth-order valence-corrected chi connectivity index (χ4v) is 7.68. The standard InChI is InChI=1S/C28H33NO3S/c1-18-10-12-23(13-11-18)33(30,31)29-25-9-7-6-8-24(25)28(16-21(4)19(2)14-26(28)29)27-15-20(3)22(5)17-32-27/h6-13,26-27H,14-17H2,1-5H3/t26-,27+,28-/m0/s1. The van der Waals surface area contributed by atoms with E-state index in [0.717, 1.165) is 29.7 Å². The van der Waals surface area contributed by atoms with Crippen molar-refractivity contribution in [1.29, 1.82) is 0 Å². The van der Waals surface area contributed by atoms with Gasteiger partial charge in [0.05, 0.1) is 29.3 Å². The van der Waals surface area contributed by atoms with Gasteiger partial charge in [0, 0.05) is 5.41 Å². The Bertz CT molecular complexity index is 1270. The first-order valence-electron chi connectivity index (χ1n) is 11.8. The first-order chi connectivity index (χ1) is 15.7. The van der Waals surface area contributed by atoms with Crippen LogP contribution < -0.4 is 4.31 Å². The lowest BCUT2D eigenvalue weighted by Crippen LogP contribution is -2.56. The number of aryl methyl sites for hydroxylation is 1. The van der Waals surface area contributed by atoms with E-state index in [-0.39, 0.29) is 12.1 Å². The molecule has 2 aromatic carbocycles. The van der Waals surface area contributed by atoms with Gasteiger partial charge in [0.25, 0.3) is 10.0 Å². The van der Waals surface area contributed by atoms with Gasteiger partial charge in [0.2, 0.25) is 0 Å². The molecule has 0 spiro atoms. The summed E-state index contributed by atoms with van der Waals surface area (Å²) < 4.78 is 36.6. The highest BCUT2D eigenvalue weighted by Gasteiger charge is 2.60. The molecule has 4 nitrogen and oxygen atoms in total. The number of hydrogen-bond acceptors (Lipinski definition) is 3. The van der Waals surface area contributed by atoms with Gasteiger partial charge >= 0.3 is 0 Å². The minimum absolute atomic E-state index is 0.0615. The van der Waals surface area contributed by atoms with E-state index in [1.54, 1.807) is 16.4 Å². The first kappa shape index (κ1) is 22.4. The minimum atomic E-state index is -3.74. The molecule has 0 amide bonds. The minimum Gasteiger partial charge on any atom is -0.373 e. The van der Waals surface area contributed by atoms with Crippen LogP contribution in [0.3, 0.4) is 0 Å². The predicted octanol–water partition coefficient (Wildman–Crippen LogP) is 6.07. The lowest BCUT2D eigenvalue weighted by atomic mass is 9.62. The van der Waals surface area contributed by atoms with Gasteiger partial charge in [-0.3, -0.25) is 4.31 Å². The van der Waals surface area contributed by atoms with Crippen LogP contribution in [0.5, 0.6) is 0 Å². The molecular weight excluding hydrogens is 430 g/mol. The van der Waals surface area contributed by atoms with Crippen molar-refractivity contribution in [2.45, 2.75) is 76.3 Å². The molecule has 1 aliphatic carbocycles. The van der Waals surface area contributed by atoms with E-state index in [0.29, 0.717) is 17.9 Å². The fourth-order valence-electron chi connectivity index (χ4n) is 5.96. The van der Waals surface area contributed by atoms with Crippen LogP contribution >= 0.6 is 0 Å². The third kappa shape index (κ3) is 3.31. The third-order valence-electron chi connectivity index (χ3n) is 8.18. The van der Waals surface area contributed by atoms with Crippen LogP contribution in [0.25, 0.3) is 0 Å². The van der Waals surface area contributed by atoms with E-state index in [2.05, 4.69) is 33.8 Å². The number of para-hydroxylation sites is 1. The lowest BCUT2D eigenvalue weighted by Gasteiger charge is -2.48. The van der Waals surface area contributed by atoms with Gasteiger partial charge < -0.3 is 4.74 Å². The molecule has 174 valence electrons. The number of allylic oxidation sites excluding steroid dienone is 1. The molecule has 5 rings (SSSR count). The summed E-state index contributed by atoms with van der Waals surface area (Å²) in [6, 6.07) is 15.1. The van der Waals surface area contributed by atoms with Crippen molar-refractivity contribution in [3.8, 4) is 0 Å². The van der Waals surface area contributed by atoms with Gasteiger partial charge in [0.15, 0.2) is 0 Å². The summed E-state index contributed by atoms with van der Waals surface area (Å²) in [6.45, 7) is 11.3. The summed E-state index contributed by atoms with van der Waals surface area (Å²) in [6.07, 6.45) is 2.31. The first-order valence-corrected chi connectivity index (χ1v) is 13.2. The van der Waals surface area contributed by atoms with Gasteiger partial charge in [-0.2, -0.15) is 0 Å². The zero-order valence-corrected chi connectivity index (χ0v) is 21.0. The van der Waals surface area contributed by atoms with Gasteiger partial charge in [-0.25, -0.2) is 8.42 Å². The molecule has 0 unspecified atom stereocenters. The topological polar surface area (TPSA) is 46.6 Å². The molecule has 0 aromatic heterocycles. The molecule has 0 saturated carbocycles. The normalized spacial score (nSPS) is 27.6. The maximum absolute atomic E-state index is 14.2. The van der Waals surface area contributed by atoms with Crippen molar-refractivity contribution >= 4 is 15.7 Å². The van der Waals surface area contributed by atoms with Crippen molar-refractivity contribution in [3.05, 3.63) is 82.0 Å². The zero-order valence-electron chi connectivity index (χ0n) is 20.2. The van der Waals surface area contributed by atoms with E-state index in [1.165, 1.54) is 22.3 Å². The summed E-state index contributed by atoms with van der Waals surface area (Å²) in [4.78, 5) is 0.346. The Morgan fingerprint density at radius 1 is 0.848 bits per heavy atom. The summed E-state index contributed by atoms with van der Waals surface area (Å²) in [5.41, 5.74) is 7.84. The number of benzene rings is 2. The highest BCUT2D eigenvalue weighted by Crippen LogP contribution is 2.58. The maximum atomic E-state index is 14.2. The van der Waals surface area contributed by atoms with Gasteiger partial charge in [-0.1, -0.05) is 52.6 Å². The Hall–Kier alpha value is -2.37. The van der Waals surface area contributed by atoms with Gasteiger partial charge in [-0.15, -0.1) is 0 Å². The van der Waals surface area contributed by atoms with Crippen molar-refractivity contribution in [2.75, 3.05) is 10.9 Å². The van der Waals surface area contributed by atoms with E-state index in [1.807, 2.05) is 37.3 Å². The maximum Gasteiger partial charge on any atom is 0.264 e. The number of ether oxygens (including phenoxy) is 1. The van der Waals surface area contributed by atoms with Crippen LogP contribution in [-0.2, 0) is 20.2 Å². The molecule has 3 aliphatic rings. The number of sulfonamides is 1. The summed E-state index contributed by atoms with van der Waals surface area (Å²) in [7, 11) is -3.74. The Labute approximate surface area is 198 Å². The number of hydrogen-bond donors (Lipinski definition) is 0. The number of rotatable bonds is 3. The lowest BCUT2D eigenvalue weighted by molar-refractivity contribution is -0.0106. The molecular formula is C28H33NO3S. The highest BCUT2D eigenvalue weighted by molar-refractivity contribution is 7.92. The van der Waals surface area contributed by atoms with Crippen LogP contribution in [0.15, 0.2) is 75.7 Å². The van der Waals surface area contributed by atoms with Crippen LogP contribution in [0.4, 0.5) is 5.69 Å². The van der Waals surface area contributed by atoms with Gasteiger partial charge in [-0.05, 0) is 83.2 Å². The molecule has 5 heteroatoms. The molecule has 3 atom stereocenters. The second-order valence-electron chi connectivity index (χ2n) is 10.2. The van der Waals surface area contributed by atoms with Crippen molar-refractivity contribution in [3.63, 3.8) is 0 Å². The molecule has 2 aromatic rings. The quantitative estimate of drug-likeness (QED) is 0.519. The predicted molar refractivity (Wildman–Crippen MR) is 133 cm³/mol. The molecule has 0 fully saturated rings. The van der Waals surface area contributed by atoms with E-state index in [9.17, 15) is 8.42 Å². The van der Waals surface area contributed by atoms with Crippen molar-refractivity contribution < 1.29 is 13.2 Å². The van der Waals surface area contributed by atoms with Gasteiger partial charge in [0.1, 0.15) is 0 Å². The molecule has 2 heterocycles. The third-order valence-corrected chi connectivity index (χ3v) is 10.0. The number of nitrogens with zero attached hydrogens (tertiary/aromatic N) is 1. The SMILES string of the molecule is CC1=C(C)C[C@H]([C@]23CC(C)=C(C)C[C@@H]2N(S(=O)(=O)c2ccc(C)cc2)c2ccccc23)OC1. The number of fused-ring (bicyclic) bond motifs is 3. The van der Waals surface area contributed by atoms with E-state index < -0.39 is 15.4 Å². The van der Waals surface area contributed by atoms with Crippen molar-refractivity contribution in [2.24, 2.45) is 0 Å². The molecule has 2 aliphatic heterocycles. The second kappa shape index (κ2) is 7.85. The van der Waals surface area contributed by atoms with Crippen LogP contribution in [-0.4, -0.2) is 27.2 Å². The Balaban J connectivity index is 1.73. The average Bonchev–Trinajstić information content (AvgIpc) is 3.07. The summed E-state index contributed by atoms with van der Waals surface area (Å²) >= 11 is 0. The Kier molecular flexibility index (Phi) is 5.33. The molecule has 33 heavy (non-hydrogen) atoms. The smallest absolute Gasteiger partial charge is 0.264 e. The van der Waals surface area contributed by atoms with Crippen molar-refractivity contribution in [1.82, 2.24) is 0 Å². The van der Waals surface area contributed by atoms with E-state index >= 15 is 0 Å². The van der Waals surface area contributed by atoms with E-state index in [4.69, 9.17) is 4.74 Å². The molecule has 0 N–H and O–H groups in total. The monoisotopic (exact) mass is 463 g/mol.